The van der Waals surface area contributed by atoms with Crippen LogP contribution in [-0.2, 0) is 4.79 Å². The van der Waals surface area contributed by atoms with Gasteiger partial charge in [0.2, 0.25) is 0 Å². The van der Waals surface area contributed by atoms with Gasteiger partial charge in [-0.3, -0.25) is 4.79 Å². The van der Waals surface area contributed by atoms with E-state index in [-0.39, 0.29) is 11.7 Å². The maximum atomic E-state index is 11.5. The Morgan fingerprint density at radius 3 is 2.44 bits per heavy atom. The highest BCUT2D eigenvalue weighted by atomic mass is 16.1. The van der Waals surface area contributed by atoms with Crippen molar-refractivity contribution in [3.8, 4) is 0 Å². The summed E-state index contributed by atoms with van der Waals surface area (Å²) in [5, 5.41) is 0. The zero-order chi connectivity index (χ0) is 12.2. The highest BCUT2D eigenvalue weighted by Crippen LogP contribution is 2.08. The molecule has 0 spiro atoms. The molecule has 0 aromatic rings. The van der Waals surface area contributed by atoms with Crippen molar-refractivity contribution >= 4 is 5.78 Å². The Labute approximate surface area is 101 Å². The van der Waals surface area contributed by atoms with Gasteiger partial charge in [0.15, 0.2) is 5.78 Å². The summed E-state index contributed by atoms with van der Waals surface area (Å²) in [7, 11) is 0. The largest absolute Gasteiger partial charge is 0.295 e. The lowest BCUT2D eigenvalue weighted by atomic mass is 10.0. The summed E-state index contributed by atoms with van der Waals surface area (Å²) in [6.07, 6.45) is 13.2. The highest BCUT2D eigenvalue weighted by molar-refractivity contribution is 5.92. The normalized spacial score (nSPS) is 13.2. The molecule has 16 heavy (non-hydrogen) atoms. The van der Waals surface area contributed by atoms with Crippen molar-refractivity contribution in [3.05, 3.63) is 19.1 Å². The average molecular weight is 223 g/mol. The first kappa shape index (κ1) is 15.4. The molecule has 0 aromatic heterocycles. The molecule has 0 heterocycles. The van der Waals surface area contributed by atoms with Gasteiger partial charge in [0.1, 0.15) is 0 Å². The summed E-state index contributed by atoms with van der Waals surface area (Å²) in [5.74, 6) is 0.150. The predicted molar refractivity (Wildman–Crippen MR) is 71.3 cm³/mol. The van der Waals surface area contributed by atoms with Crippen LogP contribution < -0.4 is 0 Å². The number of hydrogen-bond donors (Lipinski definition) is 0. The summed E-state index contributed by atoms with van der Waals surface area (Å²) >= 11 is 0. The second-order valence-corrected chi connectivity index (χ2v) is 4.49. The number of carbonyl (C=O) groups excluding carboxylic acids is 1. The van der Waals surface area contributed by atoms with Crippen molar-refractivity contribution in [2.75, 3.05) is 0 Å². The van der Waals surface area contributed by atoms with E-state index in [0.717, 1.165) is 19.3 Å². The van der Waals surface area contributed by atoms with Crippen LogP contribution in [-0.4, -0.2) is 5.78 Å². The molecule has 0 rings (SSSR count). The van der Waals surface area contributed by atoms with Crippen LogP contribution in [0.3, 0.4) is 0 Å². The molecule has 0 aliphatic carbocycles. The van der Waals surface area contributed by atoms with Crippen LogP contribution in [0.5, 0.6) is 0 Å². The van der Waals surface area contributed by atoms with Gasteiger partial charge in [0, 0.05) is 5.92 Å². The zero-order valence-corrected chi connectivity index (χ0v) is 11.0. The van der Waals surface area contributed by atoms with Gasteiger partial charge in [-0.25, -0.2) is 0 Å². The van der Waals surface area contributed by atoms with E-state index >= 15 is 0 Å². The van der Waals surface area contributed by atoms with E-state index in [1.165, 1.54) is 32.1 Å². The van der Waals surface area contributed by atoms with Crippen molar-refractivity contribution in [2.24, 2.45) is 5.92 Å². The van der Waals surface area contributed by atoms with E-state index in [1.54, 1.807) is 6.08 Å². The van der Waals surface area contributed by atoms with Crippen LogP contribution >= 0.6 is 0 Å². The minimum absolute atomic E-state index is 0.0404. The second kappa shape index (κ2) is 10.9. The lowest BCUT2D eigenvalue weighted by Crippen LogP contribution is -2.07. The molecule has 0 saturated heterocycles. The van der Waals surface area contributed by atoms with E-state index in [9.17, 15) is 4.79 Å². The fraction of sp³-hybridized carbons (Fsp3) is 0.733. The number of unbranched alkanes of at least 4 members (excludes halogenated alkanes) is 5. The number of ketones is 1. The molecule has 1 nitrogen and oxygen atoms in total. The smallest absolute Gasteiger partial charge is 0.158 e. The Morgan fingerprint density at radius 2 is 1.81 bits per heavy atom. The topological polar surface area (TPSA) is 17.1 Å². The standard InChI is InChI=1S/C15H27O/c1-4-6-7-8-9-10-11-13-15(16)14(3)12-5-2/h11,13-14H,3-10,12H2,1-2H3/b13-11+. The predicted octanol–water partition coefficient (Wildman–Crippen LogP) is 4.72. The maximum Gasteiger partial charge on any atom is 0.158 e. The van der Waals surface area contributed by atoms with Crippen LogP contribution in [0.1, 0.15) is 65.2 Å². The summed E-state index contributed by atoms with van der Waals surface area (Å²) in [6, 6.07) is 0. The highest BCUT2D eigenvalue weighted by Gasteiger charge is 2.07. The SMILES string of the molecule is [CH2]C(CCC)C(=O)/C=C/CCCCCCC. The number of rotatable bonds is 10. The van der Waals surface area contributed by atoms with Gasteiger partial charge in [0.25, 0.3) is 0 Å². The van der Waals surface area contributed by atoms with Crippen molar-refractivity contribution in [1.82, 2.24) is 0 Å². The molecule has 0 N–H and O–H groups in total. The molecule has 0 aliphatic rings. The van der Waals surface area contributed by atoms with Crippen LogP contribution in [0.15, 0.2) is 12.2 Å². The lowest BCUT2D eigenvalue weighted by Gasteiger charge is -2.04. The molecule has 0 aliphatic heterocycles. The maximum absolute atomic E-state index is 11.5. The molecular formula is C15H27O. The minimum atomic E-state index is -0.0404. The Balaban J connectivity index is 3.48. The quantitative estimate of drug-likeness (QED) is 0.387. The van der Waals surface area contributed by atoms with Gasteiger partial charge < -0.3 is 0 Å². The fourth-order valence-electron chi connectivity index (χ4n) is 1.69. The molecular weight excluding hydrogens is 196 g/mol. The van der Waals surface area contributed by atoms with Crippen LogP contribution in [0.2, 0.25) is 0 Å². The first-order valence-corrected chi connectivity index (χ1v) is 6.75. The first-order chi connectivity index (χ1) is 7.72. The first-order valence-electron chi connectivity index (χ1n) is 6.75. The van der Waals surface area contributed by atoms with Crippen LogP contribution in [0.4, 0.5) is 0 Å². The lowest BCUT2D eigenvalue weighted by molar-refractivity contribution is -0.117. The molecule has 93 valence electrons. The van der Waals surface area contributed by atoms with Gasteiger partial charge in [-0.15, -0.1) is 0 Å². The summed E-state index contributed by atoms with van der Waals surface area (Å²) in [5.41, 5.74) is 0. The fourth-order valence-corrected chi connectivity index (χ4v) is 1.69. The second-order valence-electron chi connectivity index (χ2n) is 4.49. The Morgan fingerprint density at radius 1 is 1.12 bits per heavy atom. The van der Waals surface area contributed by atoms with Crippen LogP contribution in [0.25, 0.3) is 0 Å². The van der Waals surface area contributed by atoms with E-state index in [0.29, 0.717) is 0 Å². The molecule has 0 aromatic carbocycles. The molecule has 0 amide bonds. The molecule has 1 atom stereocenters. The molecule has 1 unspecified atom stereocenters. The van der Waals surface area contributed by atoms with Gasteiger partial charge in [-0.05, 0) is 32.3 Å². The van der Waals surface area contributed by atoms with E-state index in [2.05, 4.69) is 20.8 Å². The molecule has 1 heteroatoms. The van der Waals surface area contributed by atoms with E-state index < -0.39 is 0 Å². The van der Waals surface area contributed by atoms with E-state index in [4.69, 9.17) is 0 Å². The molecule has 1 radical (unpaired) electrons. The van der Waals surface area contributed by atoms with E-state index in [1.807, 2.05) is 6.08 Å². The van der Waals surface area contributed by atoms with Crippen molar-refractivity contribution in [1.29, 1.82) is 0 Å². The third-order valence-electron chi connectivity index (χ3n) is 2.80. The Kier molecular flexibility index (Phi) is 10.5. The van der Waals surface area contributed by atoms with Gasteiger partial charge in [0.05, 0.1) is 0 Å². The Hall–Kier alpha value is -0.590. The summed E-state index contributed by atoms with van der Waals surface area (Å²) in [6.45, 7) is 8.18. The molecule has 0 saturated carbocycles. The number of allylic oxidation sites excluding steroid dienone is 2. The number of carbonyl (C=O) groups is 1. The van der Waals surface area contributed by atoms with Gasteiger partial charge in [-0.2, -0.15) is 0 Å². The van der Waals surface area contributed by atoms with Crippen LogP contribution in [0, 0.1) is 12.8 Å². The van der Waals surface area contributed by atoms with Crippen molar-refractivity contribution in [2.45, 2.75) is 65.2 Å². The van der Waals surface area contributed by atoms with Gasteiger partial charge in [-0.1, -0.05) is 52.0 Å². The van der Waals surface area contributed by atoms with Crippen molar-refractivity contribution in [3.63, 3.8) is 0 Å². The zero-order valence-electron chi connectivity index (χ0n) is 11.0. The van der Waals surface area contributed by atoms with Crippen molar-refractivity contribution < 1.29 is 4.79 Å². The summed E-state index contributed by atoms with van der Waals surface area (Å²) in [4.78, 5) is 11.5. The van der Waals surface area contributed by atoms with Gasteiger partial charge >= 0.3 is 0 Å². The third kappa shape index (κ3) is 8.70. The monoisotopic (exact) mass is 223 g/mol. The molecule has 0 bridgehead atoms. The number of hydrogen-bond acceptors (Lipinski definition) is 1. The molecule has 0 fully saturated rings. The summed E-state index contributed by atoms with van der Waals surface area (Å²) < 4.78 is 0. The minimum Gasteiger partial charge on any atom is -0.295 e. The Bertz CT molecular complexity index is 194. The third-order valence-corrected chi connectivity index (χ3v) is 2.80. The average Bonchev–Trinajstić information content (AvgIpc) is 2.28.